The average molecular weight is 467 g/mol. The van der Waals surface area contributed by atoms with Gasteiger partial charge in [0.15, 0.2) is 23.1 Å². The lowest BCUT2D eigenvalue weighted by molar-refractivity contribution is -0.132. The highest BCUT2D eigenvalue weighted by atomic mass is 19.2. The Morgan fingerprint density at radius 3 is 2.26 bits per heavy atom. The number of nitrogens with zero attached hydrogens (tertiary/aromatic N) is 1. The Bertz CT molecular complexity index is 1340. The minimum absolute atomic E-state index is 0.111. The molecule has 0 radical (unpaired) electrons. The molecule has 0 aliphatic carbocycles. The summed E-state index contributed by atoms with van der Waals surface area (Å²) >= 11 is 0. The fraction of sp³-hybridized carbons (Fsp3) is 0.120. The summed E-state index contributed by atoms with van der Waals surface area (Å²) in [6, 6.07) is 12.0. The summed E-state index contributed by atoms with van der Waals surface area (Å²) in [5.74, 6) is -4.90. The van der Waals surface area contributed by atoms with E-state index >= 15 is 0 Å². The molecule has 3 aromatic carbocycles. The number of phenolic OH excluding ortho intramolecular Hbond substituents is 1. The van der Waals surface area contributed by atoms with Crippen LogP contribution in [0.4, 0.5) is 14.5 Å². The number of methoxy groups -OCH3 is 2. The number of ketones is 1. The second-order valence-corrected chi connectivity index (χ2v) is 7.40. The van der Waals surface area contributed by atoms with Gasteiger partial charge in [0.1, 0.15) is 11.5 Å². The fourth-order valence-electron chi connectivity index (χ4n) is 3.91. The maximum atomic E-state index is 14.0. The van der Waals surface area contributed by atoms with E-state index in [1.54, 1.807) is 18.2 Å². The van der Waals surface area contributed by atoms with Crippen LogP contribution in [0.25, 0.3) is 5.76 Å². The lowest BCUT2D eigenvalue weighted by atomic mass is 9.94. The molecular formula is C25H19F2NO6. The average Bonchev–Trinajstić information content (AvgIpc) is 3.10. The van der Waals surface area contributed by atoms with Crippen LogP contribution in [0, 0.1) is 11.6 Å². The molecule has 0 saturated carbocycles. The van der Waals surface area contributed by atoms with Crippen LogP contribution in [0.1, 0.15) is 17.2 Å². The predicted molar refractivity (Wildman–Crippen MR) is 119 cm³/mol. The number of amides is 1. The Kier molecular flexibility index (Phi) is 5.93. The number of halogens is 2. The number of rotatable bonds is 5. The van der Waals surface area contributed by atoms with Gasteiger partial charge in [0.2, 0.25) is 0 Å². The first-order chi connectivity index (χ1) is 16.3. The van der Waals surface area contributed by atoms with Gasteiger partial charge in [-0.2, -0.15) is 0 Å². The van der Waals surface area contributed by atoms with Gasteiger partial charge in [-0.1, -0.05) is 18.2 Å². The number of para-hydroxylation sites is 1. The normalized spacial score (nSPS) is 17.2. The maximum absolute atomic E-state index is 14.0. The number of aromatic hydroxyl groups is 1. The quantitative estimate of drug-likeness (QED) is 0.330. The molecule has 34 heavy (non-hydrogen) atoms. The van der Waals surface area contributed by atoms with Crippen molar-refractivity contribution in [1.82, 2.24) is 0 Å². The Morgan fingerprint density at radius 1 is 0.912 bits per heavy atom. The van der Waals surface area contributed by atoms with Crippen molar-refractivity contribution in [2.45, 2.75) is 6.04 Å². The van der Waals surface area contributed by atoms with E-state index in [1.165, 1.54) is 38.5 Å². The standard InChI is InChI=1S/C25H19F2NO6/c1-33-19-6-4-3-5-15(19)23(30)21-22(13-7-10-20(34-2)18(29)11-13)28(25(32)24(21)31)14-8-9-16(26)17(27)12-14/h3-12,22,29-30H,1-2H3/b23-21+. The molecule has 0 spiro atoms. The van der Waals surface area contributed by atoms with Crippen molar-refractivity contribution >= 4 is 23.1 Å². The van der Waals surface area contributed by atoms with Crippen LogP contribution < -0.4 is 14.4 Å². The summed E-state index contributed by atoms with van der Waals surface area (Å²) in [6.07, 6.45) is 0. The van der Waals surface area contributed by atoms with Crippen LogP contribution in [0.5, 0.6) is 17.2 Å². The lowest BCUT2D eigenvalue weighted by Gasteiger charge is -2.26. The maximum Gasteiger partial charge on any atom is 0.300 e. The van der Waals surface area contributed by atoms with Gasteiger partial charge in [-0.15, -0.1) is 0 Å². The zero-order valence-electron chi connectivity index (χ0n) is 18.1. The molecule has 7 nitrogen and oxygen atoms in total. The van der Waals surface area contributed by atoms with Gasteiger partial charge in [-0.25, -0.2) is 8.78 Å². The van der Waals surface area contributed by atoms with E-state index in [4.69, 9.17) is 9.47 Å². The minimum atomic E-state index is -1.27. The molecule has 1 aliphatic rings. The molecule has 0 aromatic heterocycles. The SMILES string of the molecule is COc1ccc(C2/C(=C(\O)c3ccccc3OC)C(=O)C(=O)N2c2ccc(F)c(F)c2)cc1O. The Balaban J connectivity index is 1.99. The number of hydrogen-bond donors (Lipinski definition) is 2. The van der Waals surface area contributed by atoms with E-state index in [0.29, 0.717) is 0 Å². The topological polar surface area (TPSA) is 96.3 Å². The second-order valence-electron chi connectivity index (χ2n) is 7.40. The molecule has 1 atom stereocenters. The highest BCUT2D eigenvalue weighted by Gasteiger charge is 2.47. The molecule has 174 valence electrons. The highest BCUT2D eigenvalue weighted by molar-refractivity contribution is 6.51. The first kappa shape index (κ1) is 22.8. The summed E-state index contributed by atoms with van der Waals surface area (Å²) in [6.45, 7) is 0. The number of aliphatic hydroxyl groups excluding tert-OH is 1. The molecule has 2 N–H and O–H groups in total. The first-order valence-electron chi connectivity index (χ1n) is 10.0. The number of carbonyl (C=O) groups is 2. The van der Waals surface area contributed by atoms with Crippen LogP contribution in [-0.2, 0) is 9.59 Å². The van der Waals surface area contributed by atoms with Crippen LogP contribution in [0.2, 0.25) is 0 Å². The van der Waals surface area contributed by atoms with Gasteiger partial charge in [0.05, 0.1) is 31.4 Å². The molecule has 1 unspecified atom stereocenters. The molecule has 4 rings (SSSR count). The predicted octanol–water partition coefficient (Wildman–Crippen LogP) is 4.31. The van der Waals surface area contributed by atoms with Crippen molar-refractivity contribution in [3.05, 3.63) is 89.0 Å². The van der Waals surface area contributed by atoms with Crippen molar-refractivity contribution in [3.63, 3.8) is 0 Å². The van der Waals surface area contributed by atoms with E-state index in [1.807, 2.05) is 0 Å². The molecular weight excluding hydrogens is 448 g/mol. The van der Waals surface area contributed by atoms with Crippen molar-refractivity contribution < 1.29 is 38.1 Å². The molecule has 1 amide bonds. The molecule has 0 bridgehead atoms. The summed E-state index contributed by atoms with van der Waals surface area (Å²) in [5, 5.41) is 21.5. The van der Waals surface area contributed by atoms with Crippen LogP contribution >= 0.6 is 0 Å². The number of Topliss-reactive ketones (excluding diaryl/α,β-unsaturated/α-hetero) is 1. The number of aliphatic hydroxyl groups is 1. The Labute approximate surface area is 193 Å². The molecule has 1 aliphatic heterocycles. The van der Waals surface area contributed by atoms with E-state index in [0.717, 1.165) is 23.1 Å². The van der Waals surface area contributed by atoms with Gasteiger partial charge < -0.3 is 19.7 Å². The number of carbonyl (C=O) groups excluding carboxylic acids is 2. The van der Waals surface area contributed by atoms with Crippen LogP contribution in [0.3, 0.4) is 0 Å². The number of benzene rings is 3. The zero-order chi connectivity index (χ0) is 24.6. The lowest BCUT2D eigenvalue weighted by Crippen LogP contribution is -2.29. The molecule has 1 fully saturated rings. The summed E-state index contributed by atoms with van der Waals surface area (Å²) in [5.41, 5.74) is -0.0566. The van der Waals surface area contributed by atoms with E-state index < -0.39 is 35.1 Å². The zero-order valence-corrected chi connectivity index (χ0v) is 18.1. The Morgan fingerprint density at radius 2 is 1.62 bits per heavy atom. The van der Waals surface area contributed by atoms with Gasteiger partial charge in [-0.3, -0.25) is 14.5 Å². The van der Waals surface area contributed by atoms with E-state index in [-0.39, 0.29) is 39.6 Å². The third-order valence-corrected chi connectivity index (χ3v) is 5.51. The summed E-state index contributed by atoms with van der Waals surface area (Å²) < 4.78 is 37.9. The molecule has 3 aromatic rings. The fourth-order valence-corrected chi connectivity index (χ4v) is 3.91. The number of phenols is 1. The molecule has 1 heterocycles. The largest absolute Gasteiger partial charge is 0.507 e. The third kappa shape index (κ3) is 3.71. The van der Waals surface area contributed by atoms with Gasteiger partial charge in [-0.05, 0) is 42.0 Å². The third-order valence-electron chi connectivity index (χ3n) is 5.51. The Hall–Kier alpha value is -4.40. The van der Waals surface area contributed by atoms with Crippen molar-refractivity contribution in [2.75, 3.05) is 19.1 Å². The van der Waals surface area contributed by atoms with Gasteiger partial charge in [0.25, 0.3) is 11.7 Å². The van der Waals surface area contributed by atoms with E-state index in [9.17, 15) is 28.6 Å². The van der Waals surface area contributed by atoms with Gasteiger partial charge in [0, 0.05) is 11.8 Å². The van der Waals surface area contributed by atoms with Crippen LogP contribution in [-0.4, -0.2) is 36.1 Å². The first-order valence-corrected chi connectivity index (χ1v) is 10.0. The minimum Gasteiger partial charge on any atom is -0.507 e. The van der Waals surface area contributed by atoms with Crippen molar-refractivity contribution in [3.8, 4) is 17.2 Å². The number of anilines is 1. The van der Waals surface area contributed by atoms with Crippen LogP contribution in [0.15, 0.2) is 66.2 Å². The smallest absolute Gasteiger partial charge is 0.300 e. The van der Waals surface area contributed by atoms with Gasteiger partial charge >= 0.3 is 0 Å². The second kappa shape index (κ2) is 8.86. The van der Waals surface area contributed by atoms with Crippen molar-refractivity contribution in [1.29, 1.82) is 0 Å². The summed E-state index contributed by atoms with van der Waals surface area (Å²) in [7, 11) is 2.73. The van der Waals surface area contributed by atoms with E-state index in [2.05, 4.69) is 0 Å². The highest BCUT2D eigenvalue weighted by Crippen LogP contribution is 2.44. The number of ether oxygens (including phenoxy) is 2. The monoisotopic (exact) mass is 467 g/mol. The molecule has 9 heteroatoms. The van der Waals surface area contributed by atoms with Crippen molar-refractivity contribution in [2.24, 2.45) is 0 Å². The number of hydrogen-bond acceptors (Lipinski definition) is 6. The summed E-state index contributed by atoms with van der Waals surface area (Å²) in [4.78, 5) is 27.2. The molecule has 1 saturated heterocycles.